The lowest BCUT2D eigenvalue weighted by Gasteiger charge is -2.20. The first-order valence-electron chi connectivity index (χ1n) is 26.0. The van der Waals surface area contributed by atoms with Gasteiger partial charge in [-0.05, 0) is 83.5 Å². The second kappa shape index (κ2) is 49.3. The van der Waals surface area contributed by atoms with Gasteiger partial charge in [0.25, 0.3) is 0 Å². The number of hydrogen-bond donors (Lipinski definition) is 3. The summed E-state index contributed by atoms with van der Waals surface area (Å²) in [6.45, 7) is 3.76. The Morgan fingerprint density at radius 2 is 0.892 bits per heavy atom. The Hall–Kier alpha value is -2.59. The molecule has 0 aromatic rings. The van der Waals surface area contributed by atoms with Gasteiger partial charge in [-0.1, -0.05) is 202 Å². The molecular formula is C54H96NO9P. The maximum atomic E-state index is 12.7. The third-order valence-corrected chi connectivity index (χ3v) is 11.9. The maximum absolute atomic E-state index is 12.7. The van der Waals surface area contributed by atoms with E-state index in [1.54, 1.807) is 0 Å². The van der Waals surface area contributed by atoms with Crippen LogP contribution in [0.15, 0.2) is 72.9 Å². The van der Waals surface area contributed by atoms with E-state index in [-0.39, 0.29) is 13.0 Å². The summed E-state index contributed by atoms with van der Waals surface area (Å²) in [6, 6.07) is -1.48. The number of unbranched alkanes of at least 4 members (excludes halogenated alkanes) is 23. The molecule has 0 heterocycles. The van der Waals surface area contributed by atoms with Crippen LogP contribution < -0.4 is 5.73 Å². The number of esters is 1. The van der Waals surface area contributed by atoms with Crippen molar-refractivity contribution in [3.63, 3.8) is 0 Å². The van der Waals surface area contributed by atoms with Gasteiger partial charge in [0.1, 0.15) is 12.1 Å². The Morgan fingerprint density at radius 3 is 1.34 bits per heavy atom. The molecule has 3 unspecified atom stereocenters. The van der Waals surface area contributed by atoms with Crippen molar-refractivity contribution in [3.05, 3.63) is 72.9 Å². The zero-order valence-corrected chi connectivity index (χ0v) is 42.2. The zero-order chi connectivity index (χ0) is 47.6. The number of carboxylic acid groups (broad SMARTS) is 1. The highest BCUT2D eigenvalue weighted by Gasteiger charge is 2.27. The van der Waals surface area contributed by atoms with Gasteiger partial charge in [0.2, 0.25) is 0 Å². The van der Waals surface area contributed by atoms with Crippen LogP contribution in [-0.4, -0.2) is 60.5 Å². The normalized spacial score (nSPS) is 14.3. The van der Waals surface area contributed by atoms with Gasteiger partial charge < -0.3 is 25.2 Å². The van der Waals surface area contributed by atoms with E-state index >= 15 is 0 Å². The quantitative estimate of drug-likeness (QED) is 0.0232. The van der Waals surface area contributed by atoms with Crippen LogP contribution in [-0.2, 0) is 32.7 Å². The Labute approximate surface area is 397 Å². The van der Waals surface area contributed by atoms with Crippen LogP contribution in [0, 0.1) is 0 Å². The number of aliphatic carboxylic acids is 1. The lowest BCUT2D eigenvalue weighted by atomic mass is 10.1. The number of carbonyl (C=O) groups excluding carboxylic acids is 1. The van der Waals surface area contributed by atoms with Crippen LogP contribution in [0.1, 0.15) is 219 Å². The molecular weight excluding hydrogens is 838 g/mol. The predicted octanol–water partition coefficient (Wildman–Crippen LogP) is 15.3. The van der Waals surface area contributed by atoms with Gasteiger partial charge in [-0.25, -0.2) is 4.57 Å². The smallest absolute Gasteiger partial charge is 0.472 e. The first kappa shape index (κ1) is 62.4. The van der Waals surface area contributed by atoms with Gasteiger partial charge in [-0.3, -0.25) is 18.6 Å². The van der Waals surface area contributed by atoms with Gasteiger partial charge >= 0.3 is 19.8 Å². The van der Waals surface area contributed by atoms with Crippen molar-refractivity contribution < 1.29 is 42.7 Å². The lowest BCUT2D eigenvalue weighted by Crippen LogP contribution is -2.34. The van der Waals surface area contributed by atoms with Crippen LogP contribution >= 0.6 is 7.82 Å². The number of carbonyl (C=O) groups is 2. The summed E-state index contributed by atoms with van der Waals surface area (Å²) in [5.41, 5.74) is 5.38. The fourth-order valence-corrected chi connectivity index (χ4v) is 7.76. The van der Waals surface area contributed by atoms with Crippen LogP contribution in [0.5, 0.6) is 0 Å². The fraction of sp³-hybridized carbons (Fsp3) is 0.741. The summed E-state index contributed by atoms with van der Waals surface area (Å²) in [4.78, 5) is 33.7. The predicted molar refractivity (Wildman–Crippen MR) is 272 cm³/mol. The van der Waals surface area contributed by atoms with Gasteiger partial charge in [0, 0.05) is 13.0 Å². The summed E-state index contributed by atoms with van der Waals surface area (Å²) in [5, 5.41) is 8.93. The van der Waals surface area contributed by atoms with Gasteiger partial charge in [0.15, 0.2) is 0 Å². The van der Waals surface area contributed by atoms with Crippen LogP contribution in [0.4, 0.5) is 0 Å². The van der Waals surface area contributed by atoms with Gasteiger partial charge in [0.05, 0.1) is 19.8 Å². The Morgan fingerprint density at radius 1 is 0.508 bits per heavy atom. The molecule has 10 nitrogen and oxygen atoms in total. The molecule has 65 heavy (non-hydrogen) atoms. The molecule has 4 N–H and O–H groups in total. The summed E-state index contributed by atoms with van der Waals surface area (Å²) in [6.07, 6.45) is 62.4. The van der Waals surface area contributed by atoms with Crippen molar-refractivity contribution in [2.45, 2.75) is 231 Å². The molecule has 0 rings (SSSR count). The van der Waals surface area contributed by atoms with Crippen LogP contribution in [0.2, 0.25) is 0 Å². The van der Waals surface area contributed by atoms with E-state index in [4.69, 9.17) is 29.4 Å². The van der Waals surface area contributed by atoms with E-state index < -0.39 is 45.1 Å². The number of rotatable bonds is 49. The molecule has 0 aromatic carbocycles. The van der Waals surface area contributed by atoms with Crippen molar-refractivity contribution in [1.29, 1.82) is 0 Å². The lowest BCUT2D eigenvalue weighted by molar-refractivity contribution is -0.154. The fourth-order valence-electron chi connectivity index (χ4n) is 6.98. The van der Waals surface area contributed by atoms with Gasteiger partial charge in [-0.2, -0.15) is 0 Å². The van der Waals surface area contributed by atoms with Crippen LogP contribution in [0.3, 0.4) is 0 Å². The van der Waals surface area contributed by atoms with Gasteiger partial charge in [-0.15, -0.1) is 0 Å². The number of allylic oxidation sites excluding steroid dienone is 12. The molecule has 0 aliphatic heterocycles. The van der Waals surface area contributed by atoms with Crippen molar-refractivity contribution >= 4 is 19.8 Å². The van der Waals surface area contributed by atoms with E-state index in [1.807, 2.05) is 0 Å². The molecule has 0 fully saturated rings. The monoisotopic (exact) mass is 934 g/mol. The first-order chi connectivity index (χ1) is 31.7. The van der Waals surface area contributed by atoms with Crippen LogP contribution in [0.25, 0.3) is 0 Å². The molecule has 0 aliphatic rings. The van der Waals surface area contributed by atoms with E-state index in [1.165, 1.54) is 109 Å². The molecule has 376 valence electrons. The number of ether oxygens (including phenoxy) is 2. The Bertz CT molecular complexity index is 1310. The minimum Gasteiger partial charge on any atom is -0.480 e. The SMILES string of the molecule is CC/C=C\C/C=C\C/C=C\C/C=C\CCCCCCCCCCCOCC(COP(=O)(O)OCC(N)C(=O)O)OC(=O)CCCCCCCCCCC/C=C\C/C=C\CCCCCCC. The molecule has 0 aromatic heterocycles. The number of phosphoric acid groups is 1. The Balaban J connectivity index is 4.16. The molecule has 0 aliphatic carbocycles. The summed E-state index contributed by atoms with van der Waals surface area (Å²) in [5.74, 6) is -1.78. The molecule has 3 atom stereocenters. The molecule has 11 heteroatoms. The minimum absolute atomic E-state index is 0.00817. The second-order valence-corrected chi connectivity index (χ2v) is 18.7. The topological polar surface area (TPSA) is 155 Å². The highest BCUT2D eigenvalue weighted by atomic mass is 31.2. The zero-order valence-electron chi connectivity index (χ0n) is 41.3. The number of carboxylic acids is 1. The largest absolute Gasteiger partial charge is 0.480 e. The average Bonchev–Trinajstić information content (AvgIpc) is 3.29. The van der Waals surface area contributed by atoms with Crippen molar-refractivity contribution in [2.75, 3.05) is 26.4 Å². The Kier molecular flexibility index (Phi) is 47.4. The number of phosphoric ester groups is 1. The van der Waals surface area contributed by atoms with Crippen molar-refractivity contribution in [3.8, 4) is 0 Å². The highest BCUT2D eigenvalue weighted by molar-refractivity contribution is 7.47. The molecule has 0 saturated carbocycles. The van der Waals surface area contributed by atoms with Crippen molar-refractivity contribution in [2.24, 2.45) is 5.73 Å². The maximum Gasteiger partial charge on any atom is 0.472 e. The summed E-state index contributed by atoms with van der Waals surface area (Å²) >= 11 is 0. The molecule has 0 spiro atoms. The molecule has 0 saturated heterocycles. The minimum atomic E-state index is -4.63. The molecule has 0 radical (unpaired) electrons. The molecule has 0 amide bonds. The van der Waals surface area contributed by atoms with E-state index in [0.29, 0.717) is 13.0 Å². The standard InChI is InChI=1S/C54H96NO9P/c1-3-5-7-9-11-13-15-17-19-21-23-25-27-29-31-33-35-37-39-41-43-45-47-61-48-51(49-62-65(59,60)63-50-52(55)54(57)58)64-53(56)46-44-42-40-38-36-34-32-30-28-26-24-22-20-18-16-14-12-10-8-6-4-2/h5,7,11,13,16-19,22-25,51-52H,3-4,6,8-10,12,14-15,20-21,26-50,55H2,1-2H3,(H,57,58)(H,59,60)/b7-5-,13-11-,18-16-,19-17-,24-22-,25-23-. The van der Waals surface area contributed by atoms with E-state index in [9.17, 15) is 19.0 Å². The van der Waals surface area contributed by atoms with Crippen molar-refractivity contribution in [1.82, 2.24) is 0 Å². The highest BCUT2D eigenvalue weighted by Crippen LogP contribution is 2.43. The third kappa shape index (κ3) is 49.1. The molecule has 0 bridgehead atoms. The average molecular weight is 934 g/mol. The summed E-state index contributed by atoms with van der Waals surface area (Å²) < 4.78 is 33.5. The first-order valence-corrected chi connectivity index (χ1v) is 27.5. The van der Waals surface area contributed by atoms with E-state index in [0.717, 1.165) is 83.5 Å². The summed E-state index contributed by atoms with van der Waals surface area (Å²) in [7, 11) is -4.63. The second-order valence-electron chi connectivity index (χ2n) is 17.3. The van der Waals surface area contributed by atoms with E-state index in [2.05, 4.69) is 86.8 Å². The third-order valence-electron chi connectivity index (χ3n) is 11.0. The number of hydrogen-bond acceptors (Lipinski definition) is 8. The number of nitrogens with two attached hydrogens (primary N) is 1.